The Morgan fingerprint density at radius 1 is 1.60 bits per heavy atom. The van der Waals surface area contributed by atoms with Crippen molar-refractivity contribution in [1.82, 2.24) is 10.5 Å². The van der Waals surface area contributed by atoms with Crippen LogP contribution < -0.4 is 11.3 Å². The van der Waals surface area contributed by atoms with Gasteiger partial charge < -0.3 is 10.6 Å². The molecule has 108 valence electrons. The second kappa shape index (κ2) is 7.02. The minimum absolute atomic E-state index is 0.00866. The van der Waals surface area contributed by atoms with Crippen molar-refractivity contribution in [3.05, 3.63) is 35.4 Å². The molecule has 2 rings (SSSR count). The molecule has 0 saturated carbocycles. The van der Waals surface area contributed by atoms with Crippen LogP contribution in [-0.4, -0.2) is 37.2 Å². The van der Waals surface area contributed by atoms with Gasteiger partial charge in [0.25, 0.3) is 0 Å². The summed E-state index contributed by atoms with van der Waals surface area (Å²) in [5, 5.41) is 3.88. The lowest BCUT2D eigenvalue weighted by atomic mass is 10.1. The van der Waals surface area contributed by atoms with E-state index in [9.17, 15) is 4.79 Å². The van der Waals surface area contributed by atoms with E-state index in [1.165, 1.54) is 7.11 Å². The first-order valence-corrected chi connectivity index (χ1v) is 6.63. The molecule has 0 aromatic heterocycles. The van der Waals surface area contributed by atoms with Crippen LogP contribution in [0.15, 0.2) is 29.4 Å². The molecule has 0 radical (unpaired) electrons. The zero-order valence-electron chi connectivity index (χ0n) is 11.6. The third-order valence-electron chi connectivity index (χ3n) is 3.37. The Morgan fingerprint density at radius 2 is 2.45 bits per heavy atom. The minimum atomic E-state index is -0.00866. The van der Waals surface area contributed by atoms with E-state index in [4.69, 9.17) is 5.73 Å². The predicted molar refractivity (Wildman–Crippen MR) is 76.8 cm³/mol. The maximum atomic E-state index is 12.0. The molecule has 6 nitrogen and oxygen atoms in total. The summed E-state index contributed by atoms with van der Waals surface area (Å²) in [6, 6.07) is 7.90. The molecule has 1 heterocycles. The summed E-state index contributed by atoms with van der Waals surface area (Å²) < 4.78 is 0. The first kappa shape index (κ1) is 14.5. The normalized spacial score (nSPS) is 19.0. The van der Waals surface area contributed by atoms with Gasteiger partial charge in [-0.25, -0.2) is 0 Å². The molecule has 1 aromatic rings. The monoisotopic (exact) mass is 276 g/mol. The predicted octanol–water partition coefficient (Wildman–Crippen LogP) is 0.479. The van der Waals surface area contributed by atoms with Crippen LogP contribution in [0.3, 0.4) is 0 Å². The number of carbonyl (C=O) groups excluding carboxylic acids is 1. The van der Waals surface area contributed by atoms with Gasteiger partial charge in [-0.1, -0.05) is 18.2 Å². The number of carbonyl (C=O) groups is 1. The van der Waals surface area contributed by atoms with Crippen molar-refractivity contribution in [2.75, 3.05) is 20.2 Å². The molecule has 0 unspecified atom stereocenters. The summed E-state index contributed by atoms with van der Waals surface area (Å²) in [5.41, 5.74) is 10.0. The highest BCUT2D eigenvalue weighted by molar-refractivity contribution is 5.81. The van der Waals surface area contributed by atoms with E-state index in [0.29, 0.717) is 13.1 Å². The topological polar surface area (TPSA) is 79.9 Å². The Labute approximate surface area is 118 Å². The minimum Gasteiger partial charge on any atom is -0.338 e. The van der Waals surface area contributed by atoms with E-state index < -0.39 is 0 Å². The molecule has 3 N–H and O–H groups in total. The van der Waals surface area contributed by atoms with Crippen molar-refractivity contribution in [3.63, 3.8) is 0 Å². The number of likely N-dealkylation sites (tertiary alicyclic amines) is 1. The van der Waals surface area contributed by atoms with Gasteiger partial charge >= 0.3 is 0 Å². The number of nitrogens with zero attached hydrogens (tertiary/aromatic N) is 2. The van der Waals surface area contributed by atoms with Gasteiger partial charge in [-0.3, -0.25) is 9.63 Å². The summed E-state index contributed by atoms with van der Waals surface area (Å²) >= 11 is 0. The number of hydrogen-bond acceptors (Lipinski definition) is 5. The van der Waals surface area contributed by atoms with Gasteiger partial charge in [0, 0.05) is 19.6 Å². The van der Waals surface area contributed by atoms with Crippen molar-refractivity contribution in [3.8, 4) is 0 Å². The highest BCUT2D eigenvalue weighted by Crippen LogP contribution is 2.19. The quantitative estimate of drug-likeness (QED) is 0.585. The molecule has 1 aromatic carbocycles. The number of hydrazone groups is 1. The highest BCUT2D eigenvalue weighted by atomic mass is 16.7. The molecular formula is C14H20N4O2. The van der Waals surface area contributed by atoms with E-state index in [-0.39, 0.29) is 11.8 Å². The van der Waals surface area contributed by atoms with E-state index >= 15 is 0 Å². The highest BCUT2D eigenvalue weighted by Gasteiger charge is 2.30. The summed E-state index contributed by atoms with van der Waals surface area (Å²) in [7, 11) is 1.50. The fraction of sp³-hybridized carbons (Fsp3) is 0.429. The standard InChI is InChI=1S/C14H20N4O2/c1-20-17-16-9-11-3-2-4-12(7-11)10-18-6-5-13(8-15)14(18)19/h2-4,7,9,13,17H,5-6,8,10,15H2,1H3/t13-/m0/s1. The Morgan fingerprint density at radius 3 is 3.15 bits per heavy atom. The lowest BCUT2D eigenvalue weighted by Gasteiger charge is -2.16. The van der Waals surface area contributed by atoms with Crippen LogP contribution in [0.2, 0.25) is 0 Å². The Bertz CT molecular complexity index is 490. The maximum absolute atomic E-state index is 12.0. The van der Waals surface area contributed by atoms with E-state index in [0.717, 1.165) is 24.1 Å². The van der Waals surface area contributed by atoms with Gasteiger partial charge in [-0.15, -0.1) is 0 Å². The maximum Gasteiger partial charge on any atom is 0.227 e. The van der Waals surface area contributed by atoms with Crippen molar-refractivity contribution in [2.45, 2.75) is 13.0 Å². The molecule has 0 bridgehead atoms. The van der Waals surface area contributed by atoms with Crippen LogP contribution in [-0.2, 0) is 16.2 Å². The van der Waals surface area contributed by atoms with Crippen molar-refractivity contribution >= 4 is 12.1 Å². The lowest BCUT2D eigenvalue weighted by Crippen LogP contribution is -2.29. The first-order chi connectivity index (χ1) is 9.74. The Balaban J connectivity index is 2.00. The molecule has 1 amide bonds. The van der Waals surface area contributed by atoms with E-state index in [1.54, 1.807) is 6.21 Å². The summed E-state index contributed by atoms with van der Waals surface area (Å²) in [4.78, 5) is 18.5. The van der Waals surface area contributed by atoms with Gasteiger partial charge in [0.2, 0.25) is 5.91 Å². The molecular weight excluding hydrogens is 256 g/mol. The average molecular weight is 276 g/mol. The summed E-state index contributed by atoms with van der Waals surface area (Å²) in [5.74, 6) is 0.151. The number of nitrogens with one attached hydrogen (secondary N) is 1. The molecule has 1 saturated heterocycles. The van der Waals surface area contributed by atoms with E-state index in [2.05, 4.69) is 15.5 Å². The Hall–Kier alpha value is -1.92. The third kappa shape index (κ3) is 3.55. The molecule has 1 aliphatic rings. The molecule has 0 aliphatic carbocycles. The van der Waals surface area contributed by atoms with Crippen molar-refractivity contribution in [2.24, 2.45) is 16.8 Å². The third-order valence-corrected chi connectivity index (χ3v) is 3.37. The SMILES string of the molecule is CONN=Cc1cccc(CN2CC[C@@H](CN)C2=O)c1. The first-order valence-electron chi connectivity index (χ1n) is 6.63. The van der Waals surface area contributed by atoms with Crippen molar-refractivity contribution in [1.29, 1.82) is 0 Å². The van der Waals surface area contributed by atoms with Crippen LogP contribution in [0, 0.1) is 5.92 Å². The molecule has 6 heteroatoms. The number of rotatable bonds is 6. The number of nitrogens with two attached hydrogens (primary N) is 1. The molecule has 20 heavy (non-hydrogen) atoms. The smallest absolute Gasteiger partial charge is 0.227 e. The van der Waals surface area contributed by atoms with Gasteiger partial charge in [-0.2, -0.15) is 10.7 Å². The summed E-state index contributed by atoms with van der Waals surface area (Å²) in [6.07, 6.45) is 2.52. The molecule has 1 atom stereocenters. The van der Waals surface area contributed by atoms with Crippen LogP contribution in [0.25, 0.3) is 0 Å². The number of hydrogen-bond donors (Lipinski definition) is 2. The van der Waals surface area contributed by atoms with Crippen LogP contribution >= 0.6 is 0 Å². The average Bonchev–Trinajstić information content (AvgIpc) is 2.80. The van der Waals surface area contributed by atoms with Crippen LogP contribution in [0.4, 0.5) is 0 Å². The largest absolute Gasteiger partial charge is 0.338 e. The lowest BCUT2D eigenvalue weighted by molar-refractivity contribution is -0.131. The fourth-order valence-corrected chi connectivity index (χ4v) is 2.32. The fourth-order valence-electron chi connectivity index (χ4n) is 2.32. The second-order valence-electron chi connectivity index (χ2n) is 4.78. The summed E-state index contributed by atoms with van der Waals surface area (Å²) in [6.45, 7) is 1.84. The van der Waals surface area contributed by atoms with Gasteiger partial charge in [-0.05, 0) is 23.6 Å². The number of amides is 1. The Kier molecular flexibility index (Phi) is 5.09. The molecule has 1 aliphatic heterocycles. The van der Waals surface area contributed by atoms with Gasteiger partial charge in [0.1, 0.15) is 0 Å². The van der Waals surface area contributed by atoms with Crippen LogP contribution in [0.5, 0.6) is 0 Å². The van der Waals surface area contributed by atoms with Gasteiger partial charge in [0.15, 0.2) is 0 Å². The van der Waals surface area contributed by atoms with Crippen molar-refractivity contribution < 1.29 is 9.63 Å². The zero-order chi connectivity index (χ0) is 14.4. The van der Waals surface area contributed by atoms with Crippen LogP contribution in [0.1, 0.15) is 17.5 Å². The molecule has 0 spiro atoms. The van der Waals surface area contributed by atoms with E-state index in [1.807, 2.05) is 29.2 Å². The zero-order valence-corrected chi connectivity index (χ0v) is 11.6. The molecule has 1 fully saturated rings. The van der Waals surface area contributed by atoms with Gasteiger partial charge in [0.05, 0.1) is 19.2 Å². The second-order valence-corrected chi connectivity index (χ2v) is 4.78. The number of benzene rings is 1.